The first-order valence-corrected chi connectivity index (χ1v) is 10.5. The molecule has 0 saturated carbocycles. The Bertz CT molecular complexity index is 1130. The largest absolute Gasteiger partial charge is 0.351 e. The molecule has 8 nitrogen and oxygen atoms in total. The average Bonchev–Trinajstić information content (AvgIpc) is 3.57. The van der Waals surface area contributed by atoms with E-state index in [2.05, 4.69) is 15.2 Å². The van der Waals surface area contributed by atoms with Gasteiger partial charge in [-0.25, -0.2) is 4.98 Å². The predicted octanol–water partition coefficient (Wildman–Crippen LogP) is 2.39. The Morgan fingerprint density at radius 2 is 1.94 bits per heavy atom. The lowest BCUT2D eigenvalue weighted by molar-refractivity contribution is -0.138. The van der Waals surface area contributed by atoms with Crippen LogP contribution >= 0.6 is 0 Å². The Hall–Kier alpha value is -3.52. The number of ether oxygens (including phenoxy) is 1. The summed E-state index contributed by atoms with van der Waals surface area (Å²) in [5, 5.41) is 6.68. The van der Waals surface area contributed by atoms with Crippen molar-refractivity contribution in [3.05, 3.63) is 72.1 Å². The van der Waals surface area contributed by atoms with Crippen molar-refractivity contribution in [3.8, 4) is 11.4 Å². The van der Waals surface area contributed by atoms with Gasteiger partial charge in [-0.3, -0.25) is 14.7 Å². The smallest absolute Gasteiger partial charge is 0.254 e. The van der Waals surface area contributed by atoms with Gasteiger partial charge in [0.2, 0.25) is 5.91 Å². The number of aromatic amines is 1. The molecule has 3 saturated heterocycles. The maximum Gasteiger partial charge on any atom is 0.254 e. The molecular weight excluding hydrogens is 394 g/mol. The number of nitrogens with one attached hydrogen (secondary N) is 1. The van der Waals surface area contributed by atoms with Gasteiger partial charge in [-0.05, 0) is 17.7 Å². The lowest BCUT2D eigenvalue weighted by Gasteiger charge is -2.33. The number of rotatable bonds is 3. The van der Waals surface area contributed by atoms with Crippen molar-refractivity contribution >= 4 is 11.8 Å². The van der Waals surface area contributed by atoms with Gasteiger partial charge in [0.05, 0.1) is 25.1 Å². The van der Waals surface area contributed by atoms with Crippen LogP contribution in [0.2, 0.25) is 0 Å². The van der Waals surface area contributed by atoms with E-state index in [4.69, 9.17) is 4.74 Å². The van der Waals surface area contributed by atoms with Crippen LogP contribution in [0.3, 0.4) is 0 Å². The summed E-state index contributed by atoms with van der Waals surface area (Å²) in [5.41, 5.74) is 1.80. The molecule has 0 bridgehead atoms. The van der Waals surface area contributed by atoms with E-state index in [-0.39, 0.29) is 23.9 Å². The Labute approximate surface area is 178 Å². The van der Waals surface area contributed by atoms with E-state index < -0.39 is 5.72 Å². The highest BCUT2D eigenvalue weighted by Crippen LogP contribution is 2.51. The van der Waals surface area contributed by atoms with Crippen molar-refractivity contribution in [2.24, 2.45) is 0 Å². The molecule has 3 aromatic rings. The summed E-state index contributed by atoms with van der Waals surface area (Å²) in [4.78, 5) is 34.2. The molecule has 1 spiro atoms. The van der Waals surface area contributed by atoms with Crippen molar-refractivity contribution in [2.45, 2.75) is 30.7 Å². The summed E-state index contributed by atoms with van der Waals surface area (Å²) in [6.07, 6.45) is 2.38. The molecule has 31 heavy (non-hydrogen) atoms. The average molecular weight is 415 g/mol. The monoisotopic (exact) mass is 415 g/mol. The van der Waals surface area contributed by atoms with Crippen molar-refractivity contribution in [2.75, 3.05) is 13.2 Å². The van der Waals surface area contributed by atoms with E-state index in [0.29, 0.717) is 37.4 Å². The van der Waals surface area contributed by atoms with Crippen LogP contribution in [0.1, 0.15) is 34.8 Å². The van der Waals surface area contributed by atoms with Crippen LogP contribution in [0.25, 0.3) is 11.4 Å². The zero-order valence-electron chi connectivity index (χ0n) is 16.8. The van der Waals surface area contributed by atoms with Crippen molar-refractivity contribution in [3.63, 3.8) is 0 Å². The summed E-state index contributed by atoms with van der Waals surface area (Å²) in [5.74, 6) is 0.629. The molecule has 3 aliphatic heterocycles. The minimum atomic E-state index is -0.715. The second-order valence-electron chi connectivity index (χ2n) is 8.23. The number of amides is 2. The Balaban J connectivity index is 1.26. The van der Waals surface area contributed by atoms with Crippen LogP contribution in [-0.4, -0.2) is 61.7 Å². The fourth-order valence-corrected chi connectivity index (χ4v) is 5.29. The molecule has 0 unspecified atom stereocenters. The third-order valence-electron chi connectivity index (χ3n) is 6.72. The van der Waals surface area contributed by atoms with E-state index in [0.717, 1.165) is 11.1 Å². The van der Waals surface area contributed by atoms with Crippen LogP contribution in [0.15, 0.2) is 60.9 Å². The number of hydrogen-bond acceptors (Lipinski definition) is 5. The Morgan fingerprint density at radius 1 is 1.13 bits per heavy atom. The zero-order valence-corrected chi connectivity index (χ0v) is 16.8. The number of likely N-dealkylation sites (tertiary alicyclic amines) is 1. The highest BCUT2D eigenvalue weighted by atomic mass is 16.5. The van der Waals surface area contributed by atoms with Gasteiger partial charge in [0.15, 0.2) is 11.5 Å². The molecule has 3 atom stereocenters. The van der Waals surface area contributed by atoms with Crippen molar-refractivity contribution in [1.82, 2.24) is 25.0 Å². The Kier molecular flexibility index (Phi) is 3.97. The van der Waals surface area contributed by atoms with Crippen LogP contribution in [0, 0.1) is 0 Å². The maximum absolute atomic E-state index is 13.3. The Morgan fingerprint density at radius 3 is 2.68 bits per heavy atom. The molecule has 4 heterocycles. The van der Waals surface area contributed by atoms with E-state index in [1.165, 1.54) is 6.33 Å². The van der Waals surface area contributed by atoms with Crippen molar-refractivity contribution < 1.29 is 14.3 Å². The van der Waals surface area contributed by atoms with E-state index >= 15 is 0 Å². The number of benzene rings is 2. The molecule has 1 aromatic heterocycles. The van der Waals surface area contributed by atoms with E-state index in [1.807, 2.05) is 52.3 Å². The quantitative estimate of drug-likeness (QED) is 0.709. The molecule has 6 rings (SSSR count). The third-order valence-corrected chi connectivity index (χ3v) is 6.72. The molecule has 8 heteroatoms. The van der Waals surface area contributed by atoms with Gasteiger partial charge < -0.3 is 14.5 Å². The van der Waals surface area contributed by atoms with Gasteiger partial charge in [-0.1, -0.05) is 42.5 Å². The van der Waals surface area contributed by atoms with E-state index in [9.17, 15) is 9.59 Å². The number of H-pyrrole nitrogens is 1. The minimum absolute atomic E-state index is 0.0505. The highest BCUT2D eigenvalue weighted by Gasteiger charge is 2.65. The number of hydrogen-bond donors (Lipinski definition) is 1. The molecule has 2 amide bonds. The summed E-state index contributed by atoms with van der Waals surface area (Å²) in [6.45, 7) is 1.03. The molecule has 3 fully saturated rings. The lowest BCUT2D eigenvalue weighted by atomic mass is 10.0. The lowest BCUT2D eigenvalue weighted by Crippen LogP contribution is -2.49. The fourth-order valence-electron chi connectivity index (χ4n) is 5.29. The molecule has 1 N–H and O–H groups in total. The molecule has 156 valence electrons. The van der Waals surface area contributed by atoms with Gasteiger partial charge in [0, 0.05) is 24.1 Å². The van der Waals surface area contributed by atoms with Crippen molar-refractivity contribution in [1.29, 1.82) is 0 Å². The normalized spacial score (nSPS) is 26.9. The summed E-state index contributed by atoms with van der Waals surface area (Å²) in [7, 11) is 0. The number of aromatic nitrogens is 3. The SMILES string of the molecule is O=C(c1ccc(-c2ncn[nH]2)cc1)N1CC[C@@]23OC[C@@H](c4ccccc4)N2C(=O)C[C@@H]13. The maximum atomic E-state index is 13.3. The van der Waals surface area contributed by atoms with Gasteiger partial charge >= 0.3 is 0 Å². The molecule has 3 aliphatic rings. The highest BCUT2D eigenvalue weighted by molar-refractivity contribution is 5.96. The first-order chi connectivity index (χ1) is 15.2. The van der Waals surface area contributed by atoms with Gasteiger partial charge in [0.1, 0.15) is 6.33 Å². The topological polar surface area (TPSA) is 91.4 Å². The van der Waals surface area contributed by atoms with Crippen LogP contribution in [0.5, 0.6) is 0 Å². The van der Waals surface area contributed by atoms with Crippen LogP contribution in [-0.2, 0) is 9.53 Å². The van der Waals surface area contributed by atoms with E-state index in [1.54, 1.807) is 12.1 Å². The second-order valence-corrected chi connectivity index (χ2v) is 8.23. The molecular formula is C23H21N5O3. The number of nitrogens with zero attached hydrogens (tertiary/aromatic N) is 4. The molecule has 0 radical (unpaired) electrons. The number of carbonyl (C=O) groups is 2. The third kappa shape index (κ3) is 2.64. The minimum Gasteiger partial charge on any atom is -0.351 e. The fraction of sp³-hybridized carbons (Fsp3) is 0.304. The second kappa shape index (κ2) is 6.75. The summed E-state index contributed by atoms with van der Waals surface area (Å²) in [6, 6.07) is 16.9. The standard InChI is InChI=1S/C23H21N5O3/c29-20-12-19-23(28(20)18(13-31-23)15-4-2-1-3-5-15)10-11-27(19)22(30)17-8-6-16(7-9-17)21-24-14-25-26-21/h1-9,14,18-19H,10-13H2,(H,24,25,26)/t18-,19+,23-/m0/s1. The first kappa shape index (κ1) is 18.3. The van der Waals surface area contributed by atoms with Gasteiger partial charge in [-0.15, -0.1) is 0 Å². The van der Waals surface area contributed by atoms with Crippen LogP contribution in [0.4, 0.5) is 0 Å². The van der Waals surface area contributed by atoms with Crippen LogP contribution < -0.4 is 0 Å². The first-order valence-electron chi connectivity index (χ1n) is 10.5. The van der Waals surface area contributed by atoms with Gasteiger partial charge in [0.25, 0.3) is 5.91 Å². The summed E-state index contributed by atoms with van der Waals surface area (Å²) < 4.78 is 6.30. The number of carbonyl (C=O) groups excluding carboxylic acids is 2. The van der Waals surface area contributed by atoms with Gasteiger partial charge in [-0.2, -0.15) is 5.10 Å². The molecule has 0 aliphatic carbocycles. The zero-order chi connectivity index (χ0) is 21.0. The molecule has 2 aromatic carbocycles. The summed E-state index contributed by atoms with van der Waals surface area (Å²) >= 11 is 0. The predicted molar refractivity (Wildman–Crippen MR) is 111 cm³/mol.